The first-order valence-electron chi connectivity index (χ1n) is 11.0. The molecule has 1 aromatic rings. The Hall–Kier alpha value is -1.66. The second kappa shape index (κ2) is 8.37. The van der Waals surface area contributed by atoms with Crippen LogP contribution in [0.2, 0.25) is 0 Å². The number of rotatable bonds is 4. The lowest BCUT2D eigenvalue weighted by Crippen LogP contribution is -2.48. The van der Waals surface area contributed by atoms with Crippen molar-refractivity contribution >= 4 is 11.4 Å². The number of benzene rings is 1. The van der Waals surface area contributed by atoms with Crippen LogP contribution in [0.15, 0.2) is 18.2 Å². The highest BCUT2D eigenvalue weighted by Crippen LogP contribution is 2.43. The van der Waals surface area contributed by atoms with Crippen molar-refractivity contribution in [2.45, 2.75) is 45.4 Å². The summed E-state index contributed by atoms with van der Waals surface area (Å²) in [6.45, 7) is 10.4. The number of nitrogens with one attached hydrogen (secondary N) is 1. The van der Waals surface area contributed by atoms with Gasteiger partial charge >= 0.3 is 0 Å². The van der Waals surface area contributed by atoms with Crippen molar-refractivity contribution in [1.29, 1.82) is 0 Å². The fourth-order valence-corrected chi connectivity index (χ4v) is 5.47. The number of hydrogen-bond acceptors (Lipinski definition) is 5. The molecule has 1 spiro atoms. The molecule has 1 aromatic carbocycles. The minimum Gasteiger partial charge on any atom is -0.371 e. The molecule has 0 unspecified atom stereocenters. The quantitative estimate of drug-likeness (QED) is 0.633. The summed E-state index contributed by atoms with van der Waals surface area (Å²) in [6.07, 6.45) is 7.86. The topological polar surface area (TPSA) is 61.7 Å². The molecule has 0 amide bonds. The molecule has 0 saturated carbocycles. The number of nitro benzene ring substituents is 1. The van der Waals surface area contributed by atoms with Gasteiger partial charge in [0.05, 0.1) is 4.92 Å². The maximum absolute atomic E-state index is 11.0. The van der Waals surface area contributed by atoms with Crippen molar-refractivity contribution in [2.24, 2.45) is 11.3 Å². The highest BCUT2D eigenvalue weighted by Gasteiger charge is 2.38. The molecular formula is C22H34N4O2. The third-order valence-corrected chi connectivity index (χ3v) is 7.45. The fraction of sp³-hybridized carbons (Fsp3) is 0.727. The van der Waals surface area contributed by atoms with E-state index < -0.39 is 0 Å². The second-order valence-corrected chi connectivity index (χ2v) is 9.21. The lowest BCUT2D eigenvalue weighted by molar-refractivity contribution is -0.384. The number of non-ortho nitro benzene ring substituents is 1. The molecule has 1 N–H and O–H groups in total. The van der Waals surface area contributed by atoms with Crippen LogP contribution in [0.4, 0.5) is 11.4 Å². The molecule has 0 aliphatic carbocycles. The van der Waals surface area contributed by atoms with Crippen LogP contribution in [0.5, 0.6) is 0 Å². The van der Waals surface area contributed by atoms with Gasteiger partial charge in [0.1, 0.15) is 0 Å². The Labute approximate surface area is 168 Å². The first-order valence-corrected chi connectivity index (χ1v) is 11.0. The predicted molar refractivity (Wildman–Crippen MR) is 113 cm³/mol. The van der Waals surface area contributed by atoms with Gasteiger partial charge in [0.15, 0.2) is 0 Å². The van der Waals surface area contributed by atoms with Crippen LogP contribution in [0.3, 0.4) is 0 Å². The van der Waals surface area contributed by atoms with Crippen LogP contribution < -0.4 is 10.2 Å². The van der Waals surface area contributed by atoms with E-state index in [0.717, 1.165) is 24.6 Å². The molecule has 6 nitrogen and oxygen atoms in total. The molecule has 3 saturated heterocycles. The highest BCUT2D eigenvalue weighted by molar-refractivity contribution is 5.57. The average Bonchev–Trinajstić information content (AvgIpc) is 2.71. The predicted octanol–water partition coefficient (Wildman–Crippen LogP) is 3.59. The molecule has 154 valence electrons. The molecule has 6 heteroatoms. The van der Waals surface area contributed by atoms with E-state index in [1.54, 1.807) is 12.1 Å². The number of aryl methyl sites for hydroxylation is 1. The van der Waals surface area contributed by atoms with Gasteiger partial charge in [-0.3, -0.25) is 10.1 Å². The van der Waals surface area contributed by atoms with Crippen LogP contribution in [0.25, 0.3) is 0 Å². The summed E-state index contributed by atoms with van der Waals surface area (Å²) in [4.78, 5) is 15.8. The van der Waals surface area contributed by atoms with Crippen molar-refractivity contribution in [1.82, 2.24) is 10.2 Å². The van der Waals surface area contributed by atoms with Gasteiger partial charge in [0.2, 0.25) is 0 Å². The van der Waals surface area contributed by atoms with Crippen molar-refractivity contribution in [3.63, 3.8) is 0 Å². The van der Waals surface area contributed by atoms with E-state index in [-0.39, 0.29) is 10.6 Å². The maximum Gasteiger partial charge on any atom is 0.269 e. The van der Waals surface area contributed by atoms with Crippen LogP contribution in [-0.2, 0) is 0 Å². The Morgan fingerprint density at radius 1 is 1.11 bits per heavy atom. The van der Waals surface area contributed by atoms with Gasteiger partial charge in [-0.1, -0.05) is 0 Å². The van der Waals surface area contributed by atoms with Gasteiger partial charge in [-0.15, -0.1) is 0 Å². The zero-order valence-corrected chi connectivity index (χ0v) is 17.2. The fourth-order valence-electron chi connectivity index (χ4n) is 5.47. The van der Waals surface area contributed by atoms with Crippen molar-refractivity contribution in [3.05, 3.63) is 33.9 Å². The molecule has 4 rings (SSSR count). The van der Waals surface area contributed by atoms with E-state index in [1.165, 1.54) is 76.9 Å². The standard InChI is InChI=1S/C22H34N4O2/c1-18-16-20(26(27)28)2-3-21(18)25-14-8-22(9-15-25)6-12-24(13-7-22)17-19-4-10-23-11-5-19/h2-3,16,19,23H,4-15,17H2,1H3. The van der Waals surface area contributed by atoms with E-state index in [2.05, 4.69) is 15.1 Å². The van der Waals surface area contributed by atoms with Crippen molar-refractivity contribution < 1.29 is 4.92 Å². The maximum atomic E-state index is 11.0. The summed E-state index contributed by atoms with van der Waals surface area (Å²) in [6, 6.07) is 5.29. The second-order valence-electron chi connectivity index (χ2n) is 9.21. The first kappa shape index (κ1) is 19.6. The Balaban J connectivity index is 1.29. The van der Waals surface area contributed by atoms with Crippen LogP contribution >= 0.6 is 0 Å². The van der Waals surface area contributed by atoms with Gasteiger partial charge in [0, 0.05) is 37.5 Å². The summed E-state index contributed by atoms with van der Waals surface area (Å²) in [5.41, 5.74) is 2.90. The van der Waals surface area contributed by atoms with Gasteiger partial charge in [-0.2, -0.15) is 0 Å². The molecule has 3 heterocycles. The minimum absolute atomic E-state index is 0.191. The van der Waals surface area contributed by atoms with Crippen LogP contribution in [0.1, 0.15) is 44.1 Å². The number of likely N-dealkylation sites (tertiary alicyclic amines) is 1. The Kier molecular flexibility index (Phi) is 5.88. The molecule has 3 fully saturated rings. The van der Waals surface area contributed by atoms with E-state index in [9.17, 15) is 10.1 Å². The van der Waals surface area contributed by atoms with E-state index in [1.807, 2.05) is 13.0 Å². The molecular weight excluding hydrogens is 352 g/mol. The Morgan fingerprint density at radius 3 is 2.36 bits per heavy atom. The molecule has 0 atom stereocenters. The van der Waals surface area contributed by atoms with Crippen molar-refractivity contribution in [3.8, 4) is 0 Å². The van der Waals surface area contributed by atoms with Gasteiger partial charge in [-0.05, 0) is 94.6 Å². The largest absolute Gasteiger partial charge is 0.371 e. The van der Waals surface area contributed by atoms with Gasteiger partial charge in [0.25, 0.3) is 5.69 Å². The number of hydrogen-bond donors (Lipinski definition) is 1. The molecule has 0 bridgehead atoms. The Bertz CT molecular complexity index is 684. The zero-order chi connectivity index (χ0) is 19.6. The SMILES string of the molecule is Cc1cc([N+](=O)[O-])ccc1N1CCC2(CCN(CC3CCNCC3)CC2)CC1. The van der Waals surface area contributed by atoms with Crippen LogP contribution in [-0.4, -0.2) is 55.6 Å². The average molecular weight is 387 g/mol. The lowest BCUT2D eigenvalue weighted by Gasteiger charge is -2.48. The summed E-state index contributed by atoms with van der Waals surface area (Å²) in [7, 11) is 0. The third kappa shape index (κ3) is 4.33. The van der Waals surface area contributed by atoms with Crippen LogP contribution in [0, 0.1) is 28.4 Å². The summed E-state index contributed by atoms with van der Waals surface area (Å²) < 4.78 is 0. The monoisotopic (exact) mass is 386 g/mol. The number of piperidine rings is 3. The first-order chi connectivity index (χ1) is 13.5. The molecule has 0 aromatic heterocycles. The molecule has 3 aliphatic heterocycles. The number of anilines is 1. The molecule has 28 heavy (non-hydrogen) atoms. The van der Waals surface area contributed by atoms with Gasteiger partial charge in [-0.25, -0.2) is 0 Å². The van der Waals surface area contributed by atoms with Gasteiger partial charge < -0.3 is 15.1 Å². The zero-order valence-electron chi connectivity index (χ0n) is 17.2. The normalized spacial score (nSPS) is 23.8. The van der Waals surface area contributed by atoms with Crippen molar-refractivity contribution in [2.75, 3.05) is 50.7 Å². The molecule has 3 aliphatic rings. The highest BCUT2D eigenvalue weighted by atomic mass is 16.6. The van der Waals surface area contributed by atoms with E-state index >= 15 is 0 Å². The summed E-state index contributed by atoms with van der Waals surface area (Å²) >= 11 is 0. The Morgan fingerprint density at radius 2 is 1.75 bits per heavy atom. The lowest BCUT2D eigenvalue weighted by atomic mass is 9.71. The summed E-state index contributed by atoms with van der Waals surface area (Å²) in [5, 5.41) is 14.5. The third-order valence-electron chi connectivity index (χ3n) is 7.45. The molecule has 0 radical (unpaired) electrons. The number of nitro groups is 1. The summed E-state index contributed by atoms with van der Waals surface area (Å²) in [5.74, 6) is 0.891. The smallest absolute Gasteiger partial charge is 0.269 e. The van der Waals surface area contributed by atoms with E-state index in [4.69, 9.17) is 0 Å². The minimum atomic E-state index is -0.306. The number of nitrogens with zero attached hydrogens (tertiary/aromatic N) is 3. The van der Waals surface area contributed by atoms with E-state index in [0.29, 0.717) is 5.41 Å².